The van der Waals surface area contributed by atoms with E-state index in [1.54, 1.807) is 31.2 Å². The average Bonchev–Trinajstić information content (AvgIpc) is 2.62. The van der Waals surface area contributed by atoms with Crippen LogP contribution in [0.2, 0.25) is 10.2 Å². The van der Waals surface area contributed by atoms with Crippen molar-refractivity contribution < 1.29 is 4.79 Å². The smallest absolute Gasteiger partial charge is 0.277 e. The van der Waals surface area contributed by atoms with Gasteiger partial charge in [0.1, 0.15) is 10.8 Å². The lowest BCUT2D eigenvalue weighted by Gasteiger charge is -2.14. The molecule has 3 aromatic rings. The molecule has 0 unspecified atom stereocenters. The number of carbonyl (C=O) groups excluding carboxylic acids is 1. The molecule has 2 heterocycles. The van der Waals surface area contributed by atoms with E-state index >= 15 is 0 Å². The maximum Gasteiger partial charge on any atom is 0.289 e. The molecule has 2 N–H and O–H groups in total. The summed E-state index contributed by atoms with van der Waals surface area (Å²) in [4.78, 5) is 33.0. The van der Waals surface area contributed by atoms with Crippen molar-refractivity contribution in [1.82, 2.24) is 20.0 Å². The van der Waals surface area contributed by atoms with Gasteiger partial charge in [0.15, 0.2) is 0 Å². The Bertz CT molecular complexity index is 1020. The zero-order valence-electron chi connectivity index (χ0n) is 13.1. The number of aromatic nitrogens is 3. The summed E-state index contributed by atoms with van der Waals surface area (Å²) in [5.74, 6) is -0.393. The number of hydrogen-bond acceptors (Lipinski definition) is 5. The molecule has 2 aromatic heterocycles. The highest BCUT2D eigenvalue weighted by atomic mass is 35.5. The Morgan fingerprint density at radius 3 is 2.68 bits per heavy atom. The molecule has 9 heteroatoms. The summed E-state index contributed by atoms with van der Waals surface area (Å²) in [6.07, 6.45) is 0. The van der Waals surface area contributed by atoms with Crippen LogP contribution in [0.1, 0.15) is 17.4 Å². The number of benzene rings is 1. The number of hydrazine groups is 1. The maximum atomic E-state index is 12.5. The lowest BCUT2D eigenvalue weighted by atomic mass is 10.2. The quantitative estimate of drug-likeness (QED) is 0.538. The topological polar surface area (TPSA) is 88.9 Å². The van der Waals surface area contributed by atoms with Crippen LogP contribution in [0.3, 0.4) is 0 Å². The van der Waals surface area contributed by atoms with Crippen LogP contribution in [0, 0.1) is 0 Å². The summed E-state index contributed by atoms with van der Waals surface area (Å²) in [5, 5.41) is 0.799. The molecule has 0 aliphatic rings. The molecule has 0 spiro atoms. The fourth-order valence-corrected chi connectivity index (χ4v) is 2.64. The molecule has 0 saturated carbocycles. The van der Waals surface area contributed by atoms with E-state index in [9.17, 15) is 9.59 Å². The van der Waals surface area contributed by atoms with E-state index in [-0.39, 0.29) is 27.4 Å². The van der Waals surface area contributed by atoms with E-state index in [1.165, 1.54) is 16.7 Å². The number of carbonyl (C=O) groups is 1. The van der Waals surface area contributed by atoms with E-state index in [0.29, 0.717) is 17.4 Å². The monoisotopic (exact) mass is 377 g/mol. The van der Waals surface area contributed by atoms with Gasteiger partial charge >= 0.3 is 0 Å². The molecule has 1 aromatic carbocycles. The molecule has 3 rings (SSSR count). The van der Waals surface area contributed by atoms with Crippen molar-refractivity contribution in [3.05, 3.63) is 62.6 Å². The first-order chi connectivity index (χ1) is 12.0. The van der Waals surface area contributed by atoms with E-state index in [2.05, 4.69) is 20.8 Å². The van der Waals surface area contributed by atoms with Gasteiger partial charge in [-0.15, -0.1) is 0 Å². The molecule has 0 radical (unpaired) electrons. The summed E-state index contributed by atoms with van der Waals surface area (Å²) in [6, 6.07) is 9.93. The predicted octanol–water partition coefficient (Wildman–Crippen LogP) is 2.88. The Kier molecular flexibility index (Phi) is 4.87. The minimum atomic E-state index is -0.599. The molecule has 1 amide bonds. The van der Waals surface area contributed by atoms with Crippen LogP contribution < -0.4 is 16.4 Å². The van der Waals surface area contributed by atoms with Crippen LogP contribution >= 0.6 is 23.2 Å². The van der Waals surface area contributed by atoms with Gasteiger partial charge in [-0.25, -0.2) is 9.97 Å². The molecular formula is C16H13Cl2N5O2. The van der Waals surface area contributed by atoms with Crippen molar-refractivity contribution in [2.24, 2.45) is 0 Å². The predicted molar refractivity (Wildman–Crippen MR) is 97.0 cm³/mol. The highest BCUT2D eigenvalue weighted by Crippen LogP contribution is 2.17. The number of fused-ring (bicyclic) bond motifs is 1. The van der Waals surface area contributed by atoms with Crippen molar-refractivity contribution in [1.29, 1.82) is 0 Å². The van der Waals surface area contributed by atoms with Gasteiger partial charge in [0.2, 0.25) is 5.95 Å². The van der Waals surface area contributed by atoms with Crippen molar-refractivity contribution in [2.75, 3.05) is 5.43 Å². The van der Waals surface area contributed by atoms with Gasteiger partial charge in [-0.1, -0.05) is 35.3 Å². The second-order valence-electron chi connectivity index (χ2n) is 5.05. The molecule has 0 atom stereocenters. The summed E-state index contributed by atoms with van der Waals surface area (Å²) in [6.45, 7) is 2.19. The van der Waals surface area contributed by atoms with Crippen LogP contribution in [0.25, 0.3) is 10.9 Å². The molecule has 0 bridgehead atoms. The Labute approximate surface area is 152 Å². The number of nitrogens with one attached hydrogen (secondary N) is 2. The fraction of sp³-hybridized carbons (Fsp3) is 0.125. The van der Waals surface area contributed by atoms with Crippen LogP contribution in [-0.2, 0) is 6.54 Å². The first-order valence-corrected chi connectivity index (χ1v) is 8.15. The van der Waals surface area contributed by atoms with Gasteiger partial charge in [0.05, 0.1) is 15.9 Å². The Balaban J connectivity index is 1.91. The van der Waals surface area contributed by atoms with Gasteiger partial charge in [-0.2, -0.15) is 0 Å². The van der Waals surface area contributed by atoms with Crippen molar-refractivity contribution in [2.45, 2.75) is 13.5 Å². The summed E-state index contributed by atoms with van der Waals surface area (Å²) in [5.41, 5.74) is 5.37. The second-order valence-corrected chi connectivity index (χ2v) is 5.84. The first kappa shape index (κ1) is 17.2. The third-order valence-electron chi connectivity index (χ3n) is 3.49. The Morgan fingerprint density at radius 2 is 1.92 bits per heavy atom. The van der Waals surface area contributed by atoms with Crippen LogP contribution in [0.15, 0.2) is 41.2 Å². The Hall–Kier alpha value is -2.64. The average molecular weight is 378 g/mol. The number of anilines is 1. The van der Waals surface area contributed by atoms with E-state index in [1.807, 2.05) is 0 Å². The SMILES string of the molecule is CCn1c(NNC(=O)c2nc(Cl)ccc2Cl)nc2ccccc2c1=O. The molecular weight excluding hydrogens is 365 g/mol. The van der Waals surface area contributed by atoms with Crippen LogP contribution in [0.5, 0.6) is 0 Å². The number of hydrogen-bond donors (Lipinski definition) is 2. The van der Waals surface area contributed by atoms with Crippen molar-refractivity contribution >= 4 is 46.0 Å². The minimum Gasteiger partial charge on any atom is -0.277 e. The third-order valence-corrected chi connectivity index (χ3v) is 4.01. The summed E-state index contributed by atoms with van der Waals surface area (Å²) in [7, 11) is 0. The normalized spacial score (nSPS) is 10.7. The number of rotatable bonds is 4. The lowest BCUT2D eigenvalue weighted by molar-refractivity contribution is 0.0957. The number of nitrogens with zero attached hydrogens (tertiary/aromatic N) is 3. The van der Waals surface area contributed by atoms with Crippen molar-refractivity contribution in [3.8, 4) is 0 Å². The fourth-order valence-electron chi connectivity index (χ4n) is 2.31. The Morgan fingerprint density at radius 1 is 1.16 bits per heavy atom. The highest BCUT2D eigenvalue weighted by molar-refractivity contribution is 6.34. The number of para-hydroxylation sites is 1. The maximum absolute atomic E-state index is 12.5. The van der Waals surface area contributed by atoms with Gasteiger partial charge in [0.25, 0.3) is 11.5 Å². The van der Waals surface area contributed by atoms with E-state index in [4.69, 9.17) is 23.2 Å². The molecule has 25 heavy (non-hydrogen) atoms. The van der Waals surface area contributed by atoms with E-state index < -0.39 is 5.91 Å². The van der Waals surface area contributed by atoms with Gasteiger partial charge < -0.3 is 0 Å². The number of pyridine rings is 1. The van der Waals surface area contributed by atoms with Crippen LogP contribution in [0.4, 0.5) is 5.95 Å². The first-order valence-electron chi connectivity index (χ1n) is 7.39. The summed E-state index contributed by atoms with van der Waals surface area (Å²) >= 11 is 11.7. The number of halogens is 2. The molecule has 0 saturated heterocycles. The number of amides is 1. The van der Waals surface area contributed by atoms with Gasteiger partial charge in [0, 0.05) is 6.54 Å². The molecule has 128 valence electrons. The van der Waals surface area contributed by atoms with Gasteiger partial charge in [-0.05, 0) is 31.2 Å². The molecule has 0 fully saturated rings. The zero-order valence-corrected chi connectivity index (χ0v) is 14.6. The molecule has 0 aliphatic carbocycles. The van der Waals surface area contributed by atoms with Gasteiger partial charge in [-0.3, -0.25) is 25.0 Å². The standard InChI is InChI=1S/C16H13Cl2N5O2/c1-2-23-15(25)9-5-3-4-6-11(9)19-16(23)22-21-14(24)13-10(17)7-8-12(18)20-13/h3-8H,2H2,1H3,(H,19,22)(H,21,24). The van der Waals surface area contributed by atoms with Crippen molar-refractivity contribution in [3.63, 3.8) is 0 Å². The molecule has 7 nitrogen and oxygen atoms in total. The van der Waals surface area contributed by atoms with E-state index in [0.717, 1.165) is 0 Å². The summed E-state index contributed by atoms with van der Waals surface area (Å²) < 4.78 is 1.41. The largest absolute Gasteiger partial charge is 0.289 e. The second kappa shape index (κ2) is 7.08. The zero-order chi connectivity index (χ0) is 18.0. The lowest BCUT2D eigenvalue weighted by Crippen LogP contribution is -2.34. The highest BCUT2D eigenvalue weighted by Gasteiger charge is 2.15. The van der Waals surface area contributed by atoms with Crippen LogP contribution in [-0.4, -0.2) is 20.4 Å². The third kappa shape index (κ3) is 3.42. The molecule has 0 aliphatic heterocycles. The minimum absolute atomic E-state index is 0.0344.